The molecular weight excluding hydrogens is 226 g/mol. The molecule has 3 nitrogen and oxygen atoms in total. The Morgan fingerprint density at radius 1 is 1.28 bits per heavy atom. The van der Waals surface area contributed by atoms with E-state index in [0.29, 0.717) is 6.54 Å². The highest BCUT2D eigenvalue weighted by Gasteiger charge is 2.19. The molecule has 3 heteroatoms. The Kier molecular flexibility index (Phi) is 4.05. The first-order chi connectivity index (χ1) is 8.52. The summed E-state index contributed by atoms with van der Waals surface area (Å²) in [6, 6.07) is 6.28. The fraction of sp³-hybridized carbons (Fsp3) is 0.600. The minimum Gasteiger partial charge on any atom is -0.394 e. The summed E-state index contributed by atoms with van der Waals surface area (Å²) < 4.78 is 0. The Bertz CT molecular complexity index is 415. The molecule has 1 aromatic rings. The van der Waals surface area contributed by atoms with Crippen LogP contribution in [-0.2, 0) is 12.8 Å². The molecule has 1 aliphatic carbocycles. The Hall–Kier alpha value is -0.900. The lowest BCUT2D eigenvalue weighted by Crippen LogP contribution is -2.44. The van der Waals surface area contributed by atoms with E-state index in [1.807, 2.05) is 19.9 Å². The molecule has 100 valence electrons. The van der Waals surface area contributed by atoms with Crippen LogP contribution in [0.2, 0.25) is 0 Å². The maximum Gasteiger partial charge on any atom is 0.0914 e. The number of benzene rings is 1. The van der Waals surface area contributed by atoms with E-state index in [1.54, 1.807) is 0 Å². The molecule has 0 bridgehead atoms. The lowest BCUT2D eigenvalue weighted by Gasteiger charge is -2.25. The van der Waals surface area contributed by atoms with E-state index >= 15 is 0 Å². The van der Waals surface area contributed by atoms with Gasteiger partial charge in [-0.25, -0.2) is 0 Å². The average molecular weight is 249 g/mol. The van der Waals surface area contributed by atoms with Crippen molar-refractivity contribution in [3.05, 3.63) is 34.9 Å². The minimum absolute atomic E-state index is 0.0594. The zero-order valence-electron chi connectivity index (χ0n) is 11.2. The molecule has 2 rings (SSSR count). The van der Waals surface area contributed by atoms with Crippen LogP contribution in [0.4, 0.5) is 0 Å². The second kappa shape index (κ2) is 5.39. The molecule has 1 aliphatic rings. The Balaban J connectivity index is 1.99. The molecule has 18 heavy (non-hydrogen) atoms. The van der Waals surface area contributed by atoms with Crippen molar-refractivity contribution in [2.45, 2.75) is 44.8 Å². The second-order valence-electron chi connectivity index (χ2n) is 5.82. The summed E-state index contributed by atoms with van der Waals surface area (Å²) >= 11 is 0. The van der Waals surface area contributed by atoms with Crippen LogP contribution >= 0.6 is 0 Å². The van der Waals surface area contributed by atoms with E-state index in [0.717, 1.165) is 12.0 Å². The number of aliphatic hydroxyl groups excluding tert-OH is 2. The average Bonchev–Trinajstić information content (AvgIpc) is 2.83. The van der Waals surface area contributed by atoms with Crippen LogP contribution in [0.1, 0.15) is 43.1 Å². The van der Waals surface area contributed by atoms with Crippen LogP contribution in [0.25, 0.3) is 0 Å². The molecule has 0 aromatic heterocycles. The lowest BCUT2D eigenvalue weighted by molar-refractivity contribution is 0.136. The van der Waals surface area contributed by atoms with Gasteiger partial charge in [-0.05, 0) is 49.8 Å². The zero-order valence-corrected chi connectivity index (χ0v) is 11.2. The van der Waals surface area contributed by atoms with Crippen molar-refractivity contribution in [3.8, 4) is 0 Å². The molecule has 0 saturated heterocycles. The van der Waals surface area contributed by atoms with Gasteiger partial charge in [0, 0.05) is 12.1 Å². The molecule has 0 aliphatic heterocycles. The number of β-amino-alcohol motifs (C(OH)–C–C–N with tert-alkyl or cyclic N) is 1. The smallest absolute Gasteiger partial charge is 0.0914 e. The SMILES string of the molecule is CC(C)(CO)NCC(O)c1ccc2c(c1)CCC2. The summed E-state index contributed by atoms with van der Waals surface area (Å²) in [5, 5.41) is 22.5. The number of nitrogens with one attached hydrogen (secondary N) is 1. The highest BCUT2D eigenvalue weighted by atomic mass is 16.3. The molecule has 0 spiro atoms. The number of aliphatic hydroxyl groups is 2. The molecule has 0 radical (unpaired) electrons. The third kappa shape index (κ3) is 3.10. The van der Waals surface area contributed by atoms with Gasteiger partial charge in [-0.15, -0.1) is 0 Å². The summed E-state index contributed by atoms with van der Waals surface area (Å²) in [7, 11) is 0. The van der Waals surface area contributed by atoms with Crippen LogP contribution in [0, 0.1) is 0 Å². The fourth-order valence-electron chi connectivity index (χ4n) is 2.35. The first kappa shape index (κ1) is 13.5. The van der Waals surface area contributed by atoms with Crippen molar-refractivity contribution < 1.29 is 10.2 Å². The number of hydrogen-bond donors (Lipinski definition) is 3. The maximum atomic E-state index is 10.2. The monoisotopic (exact) mass is 249 g/mol. The van der Waals surface area contributed by atoms with Gasteiger partial charge in [0.05, 0.1) is 12.7 Å². The topological polar surface area (TPSA) is 52.5 Å². The summed E-state index contributed by atoms with van der Waals surface area (Å²) in [5.41, 5.74) is 3.43. The van der Waals surface area contributed by atoms with E-state index in [2.05, 4.69) is 17.4 Å². The highest BCUT2D eigenvalue weighted by molar-refractivity contribution is 5.36. The van der Waals surface area contributed by atoms with Crippen molar-refractivity contribution in [1.29, 1.82) is 0 Å². The lowest BCUT2D eigenvalue weighted by atomic mass is 10.0. The molecule has 0 saturated carbocycles. The van der Waals surface area contributed by atoms with Gasteiger partial charge in [0.2, 0.25) is 0 Å². The molecular formula is C15H23NO2. The van der Waals surface area contributed by atoms with Gasteiger partial charge in [-0.3, -0.25) is 0 Å². The summed E-state index contributed by atoms with van der Waals surface area (Å²) in [6.07, 6.45) is 3.01. The molecule has 0 amide bonds. The van der Waals surface area contributed by atoms with Gasteiger partial charge in [0.25, 0.3) is 0 Å². The van der Waals surface area contributed by atoms with E-state index in [4.69, 9.17) is 5.11 Å². The van der Waals surface area contributed by atoms with Gasteiger partial charge in [-0.1, -0.05) is 18.2 Å². The Morgan fingerprint density at radius 2 is 2.00 bits per heavy atom. The molecule has 1 unspecified atom stereocenters. The standard InChI is InChI=1S/C15H23NO2/c1-15(2,10-17)16-9-14(18)13-7-6-11-4-3-5-12(11)8-13/h6-8,14,16-18H,3-5,9-10H2,1-2H3. The van der Waals surface area contributed by atoms with Gasteiger partial charge in [0.1, 0.15) is 0 Å². The third-order valence-corrected chi connectivity index (χ3v) is 3.68. The highest BCUT2D eigenvalue weighted by Crippen LogP contribution is 2.25. The zero-order chi connectivity index (χ0) is 13.2. The summed E-state index contributed by atoms with van der Waals surface area (Å²) in [4.78, 5) is 0. The van der Waals surface area contributed by atoms with Crippen molar-refractivity contribution >= 4 is 0 Å². The number of aryl methyl sites for hydroxylation is 2. The second-order valence-corrected chi connectivity index (χ2v) is 5.82. The van der Waals surface area contributed by atoms with Gasteiger partial charge in [-0.2, -0.15) is 0 Å². The van der Waals surface area contributed by atoms with Crippen molar-refractivity contribution in [3.63, 3.8) is 0 Å². The molecule has 0 fully saturated rings. The molecule has 0 heterocycles. The van der Waals surface area contributed by atoms with Crippen LogP contribution in [-0.4, -0.2) is 28.9 Å². The van der Waals surface area contributed by atoms with E-state index < -0.39 is 6.10 Å². The number of fused-ring (bicyclic) bond motifs is 1. The van der Waals surface area contributed by atoms with E-state index in [1.165, 1.54) is 24.0 Å². The number of hydrogen-bond acceptors (Lipinski definition) is 3. The third-order valence-electron chi connectivity index (χ3n) is 3.68. The Morgan fingerprint density at radius 3 is 2.72 bits per heavy atom. The first-order valence-corrected chi connectivity index (χ1v) is 6.67. The van der Waals surface area contributed by atoms with Crippen LogP contribution in [0.15, 0.2) is 18.2 Å². The largest absolute Gasteiger partial charge is 0.394 e. The predicted molar refractivity (Wildman–Crippen MR) is 72.6 cm³/mol. The molecule has 1 atom stereocenters. The number of rotatable bonds is 5. The fourth-order valence-corrected chi connectivity index (χ4v) is 2.35. The summed E-state index contributed by atoms with van der Waals surface area (Å²) in [5.74, 6) is 0. The van der Waals surface area contributed by atoms with Gasteiger partial charge in [0.15, 0.2) is 0 Å². The predicted octanol–water partition coefficient (Wildman–Crippen LogP) is 1.57. The van der Waals surface area contributed by atoms with Crippen molar-refractivity contribution in [2.75, 3.05) is 13.2 Å². The molecule has 3 N–H and O–H groups in total. The summed E-state index contributed by atoms with van der Waals surface area (Å²) in [6.45, 7) is 4.36. The first-order valence-electron chi connectivity index (χ1n) is 6.67. The van der Waals surface area contributed by atoms with E-state index in [9.17, 15) is 5.11 Å². The van der Waals surface area contributed by atoms with Crippen molar-refractivity contribution in [2.24, 2.45) is 0 Å². The van der Waals surface area contributed by atoms with Crippen LogP contribution < -0.4 is 5.32 Å². The van der Waals surface area contributed by atoms with Crippen LogP contribution in [0.3, 0.4) is 0 Å². The molecule has 1 aromatic carbocycles. The van der Waals surface area contributed by atoms with Gasteiger partial charge >= 0.3 is 0 Å². The maximum absolute atomic E-state index is 10.2. The van der Waals surface area contributed by atoms with Crippen LogP contribution in [0.5, 0.6) is 0 Å². The van der Waals surface area contributed by atoms with Crippen molar-refractivity contribution in [1.82, 2.24) is 5.32 Å². The van der Waals surface area contributed by atoms with Gasteiger partial charge < -0.3 is 15.5 Å². The van der Waals surface area contributed by atoms with E-state index in [-0.39, 0.29) is 12.1 Å². The minimum atomic E-state index is -0.512. The Labute approximate surface area is 109 Å². The normalized spacial score (nSPS) is 16.7. The quantitative estimate of drug-likeness (QED) is 0.742.